The molecule has 0 saturated carbocycles. The SMILES string of the molecule is COc1ccc(CCNC(=O)[C@H](N)C#N)cc1. The van der Waals surface area contributed by atoms with Crippen molar-refractivity contribution in [2.45, 2.75) is 12.5 Å². The third-order valence-corrected chi connectivity index (χ3v) is 2.29. The molecule has 0 aromatic heterocycles. The lowest BCUT2D eigenvalue weighted by molar-refractivity contribution is -0.121. The highest BCUT2D eigenvalue weighted by Crippen LogP contribution is 2.11. The fourth-order valence-electron chi connectivity index (χ4n) is 1.29. The number of nitrogens with one attached hydrogen (secondary N) is 1. The van der Waals surface area contributed by atoms with E-state index < -0.39 is 11.9 Å². The summed E-state index contributed by atoms with van der Waals surface area (Å²) in [5.74, 6) is 0.352. The maximum absolute atomic E-state index is 11.2. The van der Waals surface area contributed by atoms with Gasteiger partial charge >= 0.3 is 0 Å². The van der Waals surface area contributed by atoms with Gasteiger partial charge in [0.1, 0.15) is 5.75 Å². The molecule has 17 heavy (non-hydrogen) atoms. The number of carbonyl (C=O) groups excluding carboxylic acids is 1. The van der Waals surface area contributed by atoms with Crippen LogP contribution in [-0.2, 0) is 11.2 Å². The number of methoxy groups -OCH3 is 1. The molecule has 0 fully saturated rings. The Balaban J connectivity index is 2.36. The Morgan fingerprint density at radius 1 is 1.53 bits per heavy atom. The number of carbonyl (C=O) groups is 1. The molecule has 0 heterocycles. The number of ether oxygens (including phenoxy) is 1. The van der Waals surface area contributed by atoms with Crippen molar-refractivity contribution in [1.29, 1.82) is 5.26 Å². The molecule has 0 aliphatic rings. The normalized spacial score (nSPS) is 11.4. The monoisotopic (exact) mass is 233 g/mol. The molecule has 0 aliphatic heterocycles. The summed E-state index contributed by atoms with van der Waals surface area (Å²) in [6.07, 6.45) is 0.688. The second-order valence-corrected chi connectivity index (χ2v) is 3.50. The summed E-state index contributed by atoms with van der Waals surface area (Å²) in [5, 5.41) is 11.0. The van der Waals surface area contributed by atoms with Gasteiger partial charge in [-0.15, -0.1) is 0 Å². The van der Waals surface area contributed by atoms with Crippen molar-refractivity contribution >= 4 is 5.91 Å². The summed E-state index contributed by atoms with van der Waals surface area (Å²) < 4.78 is 5.04. The van der Waals surface area contributed by atoms with Crippen molar-refractivity contribution in [1.82, 2.24) is 5.32 Å². The molecular weight excluding hydrogens is 218 g/mol. The molecule has 90 valence electrons. The Morgan fingerprint density at radius 3 is 2.71 bits per heavy atom. The summed E-state index contributed by atoms with van der Waals surface area (Å²) in [6.45, 7) is 0.459. The Labute approximate surface area is 100 Å². The van der Waals surface area contributed by atoms with E-state index in [1.165, 1.54) is 0 Å². The molecule has 0 bridgehead atoms. The van der Waals surface area contributed by atoms with Crippen LogP contribution < -0.4 is 15.8 Å². The van der Waals surface area contributed by atoms with Gasteiger partial charge in [0, 0.05) is 6.54 Å². The smallest absolute Gasteiger partial charge is 0.251 e. The van der Waals surface area contributed by atoms with E-state index in [0.29, 0.717) is 13.0 Å². The van der Waals surface area contributed by atoms with Crippen LogP contribution in [0.15, 0.2) is 24.3 Å². The molecule has 0 unspecified atom stereocenters. The van der Waals surface area contributed by atoms with Crippen LogP contribution in [0.5, 0.6) is 5.75 Å². The number of hydrogen-bond donors (Lipinski definition) is 2. The number of nitrogens with two attached hydrogens (primary N) is 1. The van der Waals surface area contributed by atoms with Crippen molar-refractivity contribution in [3.63, 3.8) is 0 Å². The van der Waals surface area contributed by atoms with E-state index in [0.717, 1.165) is 11.3 Å². The van der Waals surface area contributed by atoms with Crippen LogP contribution in [0.3, 0.4) is 0 Å². The molecular formula is C12H15N3O2. The molecule has 0 saturated heterocycles. The lowest BCUT2D eigenvalue weighted by Gasteiger charge is -2.06. The highest BCUT2D eigenvalue weighted by atomic mass is 16.5. The minimum absolute atomic E-state index is 0.444. The molecule has 5 nitrogen and oxygen atoms in total. The molecule has 1 aromatic rings. The van der Waals surface area contributed by atoms with Gasteiger partial charge in [0.15, 0.2) is 6.04 Å². The van der Waals surface area contributed by atoms with Crippen LogP contribution in [0.1, 0.15) is 5.56 Å². The van der Waals surface area contributed by atoms with E-state index in [9.17, 15) is 4.79 Å². The van der Waals surface area contributed by atoms with E-state index in [1.54, 1.807) is 13.2 Å². The number of nitrogens with zero attached hydrogens (tertiary/aromatic N) is 1. The maximum Gasteiger partial charge on any atom is 0.251 e. The Morgan fingerprint density at radius 2 is 2.18 bits per heavy atom. The number of hydrogen-bond acceptors (Lipinski definition) is 4. The summed E-state index contributed by atoms with van der Waals surface area (Å²) >= 11 is 0. The molecule has 1 atom stereocenters. The molecule has 1 amide bonds. The third kappa shape index (κ3) is 4.13. The highest BCUT2D eigenvalue weighted by molar-refractivity contribution is 5.84. The number of rotatable bonds is 5. The fourth-order valence-corrected chi connectivity index (χ4v) is 1.29. The molecule has 0 radical (unpaired) electrons. The van der Waals surface area contributed by atoms with Crippen molar-refractivity contribution in [3.8, 4) is 11.8 Å². The second kappa shape index (κ2) is 6.51. The predicted molar refractivity (Wildman–Crippen MR) is 63.3 cm³/mol. The second-order valence-electron chi connectivity index (χ2n) is 3.50. The van der Waals surface area contributed by atoms with E-state index in [4.69, 9.17) is 15.7 Å². The molecule has 0 aliphatic carbocycles. The summed E-state index contributed by atoms with van der Waals surface area (Å²) in [7, 11) is 1.61. The first kappa shape index (κ1) is 13.0. The van der Waals surface area contributed by atoms with Crippen molar-refractivity contribution in [2.75, 3.05) is 13.7 Å². The maximum atomic E-state index is 11.2. The summed E-state index contributed by atoms with van der Waals surface area (Å²) in [5.41, 5.74) is 6.32. The van der Waals surface area contributed by atoms with Gasteiger partial charge in [-0.1, -0.05) is 12.1 Å². The zero-order valence-corrected chi connectivity index (χ0v) is 9.64. The molecule has 5 heteroatoms. The van der Waals surface area contributed by atoms with Gasteiger partial charge in [0.25, 0.3) is 5.91 Å². The average Bonchev–Trinajstić information content (AvgIpc) is 2.38. The van der Waals surface area contributed by atoms with E-state index in [2.05, 4.69) is 5.32 Å². The lowest BCUT2D eigenvalue weighted by atomic mass is 10.1. The van der Waals surface area contributed by atoms with Crippen LogP contribution in [0, 0.1) is 11.3 Å². The zero-order valence-electron chi connectivity index (χ0n) is 9.64. The van der Waals surface area contributed by atoms with Crippen LogP contribution in [-0.4, -0.2) is 25.6 Å². The van der Waals surface area contributed by atoms with E-state index in [-0.39, 0.29) is 0 Å². The molecule has 0 spiro atoms. The van der Waals surface area contributed by atoms with Crippen molar-refractivity contribution < 1.29 is 9.53 Å². The Kier molecular flexibility index (Phi) is 4.98. The summed E-state index contributed by atoms with van der Waals surface area (Å²) in [6, 6.07) is 8.16. The van der Waals surface area contributed by atoms with Gasteiger partial charge < -0.3 is 15.8 Å². The third-order valence-electron chi connectivity index (χ3n) is 2.29. The first-order chi connectivity index (χ1) is 8.17. The minimum atomic E-state index is -1.09. The zero-order chi connectivity index (χ0) is 12.7. The first-order valence-electron chi connectivity index (χ1n) is 5.23. The lowest BCUT2D eigenvalue weighted by Crippen LogP contribution is -2.40. The van der Waals surface area contributed by atoms with Crippen LogP contribution in [0.4, 0.5) is 0 Å². The molecule has 1 aromatic carbocycles. The van der Waals surface area contributed by atoms with E-state index >= 15 is 0 Å². The van der Waals surface area contributed by atoms with Gasteiger partial charge in [-0.25, -0.2) is 0 Å². The summed E-state index contributed by atoms with van der Waals surface area (Å²) in [4.78, 5) is 11.2. The Hall–Kier alpha value is -2.06. The fraction of sp³-hybridized carbons (Fsp3) is 0.333. The van der Waals surface area contributed by atoms with Gasteiger partial charge in [-0.3, -0.25) is 4.79 Å². The topological polar surface area (TPSA) is 88.1 Å². The van der Waals surface area contributed by atoms with Crippen LogP contribution in [0.25, 0.3) is 0 Å². The average molecular weight is 233 g/mol. The van der Waals surface area contributed by atoms with Gasteiger partial charge in [0.2, 0.25) is 0 Å². The van der Waals surface area contributed by atoms with Gasteiger partial charge in [0.05, 0.1) is 13.2 Å². The van der Waals surface area contributed by atoms with Crippen LogP contribution >= 0.6 is 0 Å². The predicted octanol–water partition coefficient (Wildman–Crippen LogP) is 0.205. The molecule has 1 rings (SSSR count). The number of benzene rings is 1. The van der Waals surface area contributed by atoms with Gasteiger partial charge in [-0.05, 0) is 24.1 Å². The van der Waals surface area contributed by atoms with Gasteiger partial charge in [-0.2, -0.15) is 5.26 Å². The quantitative estimate of drug-likeness (QED) is 0.760. The number of amides is 1. The minimum Gasteiger partial charge on any atom is -0.497 e. The van der Waals surface area contributed by atoms with Crippen molar-refractivity contribution in [3.05, 3.63) is 29.8 Å². The standard InChI is InChI=1S/C12H15N3O2/c1-17-10-4-2-9(3-5-10)6-7-15-12(16)11(14)8-13/h2-5,11H,6-7,14H2,1H3,(H,15,16)/t11-/m1/s1. The Bertz CT molecular complexity index is 409. The van der Waals surface area contributed by atoms with E-state index in [1.807, 2.05) is 24.3 Å². The first-order valence-corrected chi connectivity index (χ1v) is 5.23. The van der Waals surface area contributed by atoms with Crippen molar-refractivity contribution in [2.24, 2.45) is 5.73 Å². The highest BCUT2D eigenvalue weighted by Gasteiger charge is 2.10. The number of nitriles is 1. The largest absolute Gasteiger partial charge is 0.497 e. The van der Waals surface area contributed by atoms with Crippen LogP contribution in [0.2, 0.25) is 0 Å². The molecule has 3 N–H and O–H groups in total.